The maximum atomic E-state index is 11.2. The van der Waals surface area contributed by atoms with E-state index in [4.69, 9.17) is 9.47 Å². The summed E-state index contributed by atoms with van der Waals surface area (Å²) >= 11 is 0. The molecular formula is C29H34O5. The monoisotopic (exact) mass is 462 g/mol. The largest absolute Gasteiger partial charge is 0.508 e. The van der Waals surface area contributed by atoms with Crippen molar-refractivity contribution in [1.82, 2.24) is 0 Å². The zero-order valence-corrected chi connectivity index (χ0v) is 20.6. The van der Waals surface area contributed by atoms with Gasteiger partial charge in [-0.1, -0.05) is 23.3 Å². The molecular weight excluding hydrogens is 428 g/mol. The number of hydrogen-bond donors (Lipinski definition) is 3. The van der Waals surface area contributed by atoms with Gasteiger partial charge in [-0.05, 0) is 77.6 Å². The molecule has 4 rings (SSSR count). The molecule has 0 aliphatic carbocycles. The molecule has 0 aromatic heterocycles. The summed E-state index contributed by atoms with van der Waals surface area (Å²) in [5.41, 5.74) is 4.74. The van der Waals surface area contributed by atoms with Crippen molar-refractivity contribution in [3.63, 3.8) is 0 Å². The zero-order valence-electron chi connectivity index (χ0n) is 20.6. The second-order valence-electron chi connectivity index (χ2n) is 10.0. The molecule has 2 heterocycles. The van der Waals surface area contributed by atoms with Crippen molar-refractivity contribution in [3.8, 4) is 23.0 Å². The van der Waals surface area contributed by atoms with Gasteiger partial charge in [0.05, 0.1) is 11.7 Å². The molecule has 0 radical (unpaired) electrons. The number of rotatable bonds is 5. The Balaban J connectivity index is 1.86. The highest BCUT2D eigenvalue weighted by Gasteiger charge is 2.43. The molecule has 0 saturated heterocycles. The lowest BCUT2D eigenvalue weighted by atomic mass is 9.82. The Labute approximate surface area is 201 Å². The molecule has 0 unspecified atom stereocenters. The van der Waals surface area contributed by atoms with Crippen LogP contribution >= 0.6 is 0 Å². The van der Waals surface area contributed by atoms with E-state index in [0.29, 0.717) is 36.5 Å². The molecule has 0 fully saturated rings. The summed E-state index contributed by atoms with van der Waals surface area (Å²) < 4.78 is 12.8. The van der Waals surface area contributed by atoms with Crippen molar-refractivity contribution in [2.24, 2.45) is 0 Å². The number of ether oxygens (including phenoxy) is 2. The minimum atomic E-state index is -0.772. The highest BCUT2D eigenvalue weighted by Crippen LogP contribution is 2.51. The predicted molar refractivity (Wildman–Crippen MR) is 135 cm³/mol. The van der Waals surface area contributed by atoms with Crippen molar-refractivity contribution >= 4 is 11.3 Å². The summed E-state index contributed by atoms with van der Waals surface area (Å²) in [7, 11) is 0. The summed E-state index contributed by atoms with van der Waals surface area (Å²) in [5, 5.41) is 32.0. The van der Waals surface area contributed by atoms with E-state index in [1.54, 1.807) is 24.3 Å². The Kier molecular flexibility index (Phi) is 6.50. The minimum absolute atomic E-state index is 0.0796. The first-order valence-electron chi connectivity index (χ1n) is 11.8. The van der Waals surface area contributed by atoms with Crippen molar-refractivity contribution in [1.29, 1.82) is 0 Å². The van der Waals surface area contributed by atoms with Crippen LogP contribution in [0.2, 0.25) is 0 Å². The first-order chi connectivity index (χ1) is 16.1. The number of fused-ring (bicyclic) bond motifs is 4. The van der Waals surface area contributed by atoms with Crippen LogP contribution in [0.5, 0.6) is 23.0 Å². The lowest BCUT2D eigenvalue weighted by Gasteiger charge is -2.41. The van der Waals surface area contributed by atoms with Gasteiger partial charge >= 0.3 is 0 Å². The van der Waals surface area contributed by atoms with E-state index >= 15 is 0 Å². The summed E-state index contributed by atoms with van der Waals surface area (Å²) in [6.45, 7) is 10.1. The quantitative estimate of drug-likeness (QED) is 0.423. The lowest BCUT2D eigenvalue weighted by molar-refractivity contribution is -0.0692. The van der Waals surface area contributed by atoms with Crippen molar-refractivity contribution in [2.75, 3.05) is 0 Å². The van der Waals surface area contributed by atoms with Gasteiger partial charge in [-0.15, -0.1) is 0 Å². The molecule has 5 nitrogen and oxygen atoms in total. The second kappa shape index (κ2) is 9.22. The van der Waals surface area contributed by atoms with Crippen molar-refractivity contribution in [2.45, 2.75) is 72.0 Å². The molecule has 0 saturated carbocycles. The highest BCUT2D eigenvalue weighted by molar-refractivity contribution is 5.94. The van der Waals surface area contributed by atoms with E-state index in [-0.39, 0.29) is 11.5 Å². The van der Waals surface area contributed by atoms with Gasteiger partial charge < -0.3 is 24.8 Å². The van der Waals surface area contributed by atoms with Crippen molar-refractivity contribution in [3.05, 3.63) is 70.3 Å². The van der Waals surface area contributed by atoms with E-state index in [2.05, 4.69) is 26.0 Å². The molecule has 0 spiro atoms. The zero-order chi connectivity index (χ0) is 24.6. The van der Waals surface area contributed by atoms with Crippen LogP contribution in [0.4, 0.5) is 0 Å². The number of aliphatic hydroxyl groups excluding tert-OH is 1. The molecule has 5 heteroatoms. The van der Waals surface area contributed by atoms with Crippen LogP contribution in [0.1, 0.15) is 70.6 Å². The Morgan fingerprint density at radius 3 is 2.41 bits per heavy atom. The molecule has 2 aromatic rings. The average molecular weight is 463 g/mol. The Morgan fingerprint density at radius 2 is 1.71 bits per heavy atom. The number of aromatic hydroxyl groups is 2. The number of hydrogen-bond acceptors (Lipinski definition) is 5. The second-order valence-corrected chi connectivity index (χ2v) is 10.0. The van der Waals surface area contributed by atoms with Gasteiger partial charge in [0.25, 0.3) is 0 Å². The lowest BCUT2D eigenvalue weighted by Crippen LogP contribution is -2.44. The summed E-state index contributed by atoms with van der Waals surface area (Å²) in [6.07, 6.45) is 5.95. The third-order valence-electron chi connectivity index (χ3n) is 6.57. The maximum absolute atomic E-state index is 11.2. The molecule has 34 heavy (non-hydrogen) atoms. The Hall–Kier alpha value is -3.18. The maximum Gasteiger partial charge on any atom is 0.142 e. The van der Waals surface area contributed by atoms with Crippen LogP contribution in [0.3, 0.4) is 0 Å². The van der Waals surface area contributed by atoms with Crippen LogP contribution in [0, 0.1) is 0 Å². The van der Waals surface area contributed by atoms with Gasteiger partial charge in [-0.25, -0.2) is 0 Å². The number of benzene rings is 2. The number of phenols is 2. The number of phenolic OH excluding ortho intramolecular Hbond substituents is 2. The highest BCUT2D eigenvalue weighted by atomic mass is 16.5. The average Bonchev–Trinajstić information content (AvgIpc) is 2.86. The van der Waals surface area contributed by atoms with E-state index in [0.717, 1.165) is 34.3 Å². The first-order valence-corrected chi connectivity index (χ1v) is 11.8. The van der Waals surface area contributed by atoms with Crippen LogP contribution in [-0.4, -0.2) is 27.0 Å². The van der Waals surface area contributed by atoms with Crippen LogP contribution in [0.25, 0.3) is 11.3 Å². The van der Waals surface area contributed by atoms with Crippen LogP contribution in [-0.2, 0) is 11.2 Å². The van der Waals surface area contributed by atoms with Gasteiger partial charge in [0.2, 0.25) is 0 Å². The molecule has 3 N–H and O–H groups in total. The minimum Gasteiger partial charge on any atom is -0.508 e. The van der Waals surface area contributed by atoms with Crippen molar-refractivity contribution < 1.29 is 24.8 Å². The summed E-state index contributed by atoms with van der Waals surface area (Å²) in [4.78, 5) is 0. The third kappa shape index (κ3) is 4.71. The summed E-state index contributed by atoms with van der Waals surface area (Å²) in [5.74, 6) is 1.80. The summed E-state index contributed by atoms with van der Waals surface area (Å²) in [6, 6.07) is 8.48. The Morgan fingerprint density at radius 1 is 1.00 bits per heavy atom. The van der Waals surface area contributed by atoms with E-state index < -0.39 is 11.7 Å². The number of allylic oxidation sites excluding steroid dienone is 4. The van der Waals surface area contributed by atoms with Crippen LogP contribution in [0.15, 0.2) is 53.6 Å². The Bertz CT molecular complexity index is 1200. The van der Waals surface area contributed by atoms with Gasteiger partial charge in [-0.3, -0.25) is 0 Å². The fraction of sp³-hybridized carbons (Fsp3) is 0.379. The fourth-order valence-electron chi connectivity index (χ4n) is 4.49. The fourth-order valence-corrected chi connectivity index (χ4v) is 4.49. The molecule has 2 aromatic carbocycles. The SMILES string of the molecule is CC(C)=CCC[C@]1(C)OC2=C(C[C@@H]1O)c1cc(CC=C(C)C)c(O)cc1Oc1cc(O)ccc12. The molecule has 2 aliphatic heterocycles. The third-order valence-corrected chi connectivity index (χ3v) is 6.57. The topological polar surface area (TPSA) is 79.2 Å². The molecule has 2 atom stereocenters. The standard InChI is InChI=1S/C29H34O5/c1-17(2)7-6-12-29(5)27(32)15-23-22-13-19(9-8-18(3)4)24(31)16-26(22)33-25-14-20(30)10-11-21(25)28(23)34-29/h7-8,10-11,13-14,16,27,30-32H,6,9,12,15H2,1-5H3/t27-,29-/m0/s1. The van der Waals surface area contributed by atoms with Gasteiger partial charge in [-0.2, -0.15) is 0 Å². The van der Waals surface area contributed by atoms with E-state index in [1.165, 1.54) is 5.57 Å². The molecule has 180 valence electrons. The van der Waals surface area contributed by atoms with Gasteiger partial charge in [0, 0.05) is 29.7 Å². The smallest absolute Gasteiger partial charge is 0.142 e. The first kappa shape index (κ1) is 24.0. The van der Waals surface area contributed by atoms with Crippen LogP contribution < -0.4 is 4.74 Å². The molecule has 0 bridgehead atoms. The van der Waals surface area contributed by atoms with Gasteiger partial charge in [0.15, 0.2) is 0 Å². The van der Waals surface area contributed by atoms with E-state index in [1.807, 2.05) is 26.8 Å². The van der Waals surface area contributed by atoms with E-state index in [9.17, 15) is 15.3 Å². The predicted octanol–water partition coefficient (Wildman–Crippen LogP) is 6.87. The molecule has 0 amide bonds. The number of aliphatic hydroxyl groups is 1. The normalized spacial score (nSPS) is 20.7. The van der Waals surface area contributed by atoms with Gasteiger partial charge in [0.1, 0.15) is 34.4 Å². The molecule has 2 aliphatic rings.